The molecule has 0 amide bonds. The molecule has 0 unspecified atom stereocenters. The standard InChI is InChI=1S/C8H14N/c1-2-5-8-6-3-4-7-9-8/h1-7H2/q+1. The summed E-state index contributed by atoms with van der Waals surface area (Å²) in [6, 6.07) is 0. The van der Waals surface area contributed by atoms with Crippen LogP contribution in [0.4, 0.5) is 0 Å². The fourth-order valence-electron chi connectivity index (χ4n) is 1.17. The van der Waals surface area contributed by atoms with Gasteiger partial charge < -0.3 is 0 Å². The molecule has 1 rings (SSSR count). The van der Waals surface area contributed by atoms with E-state index >= 15 is 0 Å². The molecule has 0 radical (unpaired) electrons. The van der Waals surface area contributed by atoms with Gasteiger partial charge in [0.25, 0.3) is 0 Å². The van der Waals surface area contributed by atoms with Crippen LogP contribution in [0.3, 0.4) is 0 Å². The van der Waals surface area contributed by atoms with Crippen LogP contribution in [-0.2, 0) is 0 Å². The minimum atomic E-state index is 1.01. The topological polar surface area (TPSA) is 12.4 Å². The Morgan fingerprint density at radius 2 is 2.33 bits per heavy atom. The second kappa shape index (κ2) is 3.54. The average Bonchev–Trinajstić information content (AvgIpc) is 1.91. The van der Waals surface area contributed by atoms with Crippen molar-refractivity contribution in [3.63, 3.8) is 0 Å². The largest absolute Gasteiger partial charge is 0.294 e. The summed E-state index contributed by atoms with van der Waals surface area (Å²) in [5, 5.41) is 0. The van der Waals surface area contributed by atoms with Crippen LogP contribution in [0.1, 0.15) is 32.1 Å². The van der Waals surface area contributed by atoms with Crippen molar-refractivity contribution in [1.29, 1.82) is 0 Å². The van der Waals surface area contributed by atoms with E-state index < -0.39 is 0 Å². The Morgan fingerprint density at radius 1 is 1.44 bits per heavy atom. The van der Waals surface area contributed by atoms with E-state index in [1.807, 2.05) is 0 Å². The Morgan fingerprint density at radius 3 is 2.89 bits per heavy atom. The Bertz CT molecular complexity index is 105. The molecule has 0 fully saturated rings. The first kappa shape index (κ1) is 6.66. The van der Waals surface area contributed by atoms with E-state index in [0.29, 0.717) is 0 Å². The molecule has 0 aromatic carbocycles. The molecule has 1 heteroatoms. The third-order valence-corrected chi connectivity index (χ3v) is 1.67. The van der Waals surface area contributed by atoms with E-state index in [-0.39, 0.29) is 0 Å². The maximum atomic E-state index is 4.40. The van der Waals surface area contributed by atoms with E-state index in [4.69, 9.17) is 0 Å². The van der Waals surface area contributed by atoms with Crippen molar-refractivity contribution in [2.24, 2.45) is 4.99 Å². The SMILES string of the molecule is [CH2+]CCC1=NCCCC1. The van der Waals surface area contributed by atoms with Gasteiger partial charge in [0, 0.05) is 18.7 Å². The number of hydrogen-bond donors (Lipinski definition) is 0. The predicted octanol–water partition coefficient (Wildman–Crippen LogP) is 2.23. The summed E-state index contributed by atoms with van der Waals surface area (Å²) in [6.07, 6.45) is 6.01. The molecule has 0 bridgehead atoms. The minimum Gasteiger partial charge on any atom is -0.294 e. The van der Waals surface area contributed by atoms with E-state index in [9.17, 15) is 0 Å². The zero-order valence-corrected chi connectivity index (χ0v) is 5.90. The molecule has 50 valence electrons. The third kappa shape index (κ3) is 2.08. The van der Waals surface area contributed by atoms with Gasteiger partial charge in [0.1, 0.15) is 0 Å². The molecule has 0 aliphatic carbocycles. The Labute approximate surface area is 57.2 Å². The van der Waals surface area contributed by atoms with E-state index in [0.717, 1.165) is 19.4 Å². The van der Waals surface area contributed by atoms with Gasteiger partial charge in [0.15, 0.2) is 0 Å². The molecule has 1 heterocycles. The molecule has 1 aliphatic heterocycles. The minimum absolute atomic E-state index is 1.01. The van der Waals surface area contributed by atoms with Gasteiger partial charge in [0.2, 0.25) is 0 Å². The number of rotatable bonds is 2. The van der Waals surface area contributed by atoms with Crippen molar-refractivity contribution < 1.29 is 0 Å². The number of aliphatic imine (C=N–C) groups is 1. The van der Waals surface area contributed by atoms with Crippen LogP contribution < -0.4 is 0 Å². The van der Waals surface area contributed by atoms with E-state index in [2.05, 4.69) is 11.9 Å². The lowest BCUT2D eigenvalue weighted by Crippen LogP contribution is -2.04. The van der Waals surface area contributed by atoms with Gasteiger partial charge in [-0.15, -0.1) is 0 Å². The fraction of sp³-hybridized carbons (Fsp3) is 0.750. The number of nitrogens with zero attached hydrogens (tertiary/aromatic N) is 1. The first-order chi connectivity index (χ1) is 4.43. The Balaban J connectivity index is 2.28. The normalized spacial score (nSPS) is 19.3. The monoisotopic (exact) mass is 124 g/mol. The fourth-order valence-corrected chi connectivity index (χ4v) is 1.17. The van der Waals surface area contributed by atoms with Crippen molar-refractivity contribution in [2.75, 3.05) is 6.54 Å². The summed E-state index contributed by atoms with van der Waals surface area (Å²) < 4.78 is 0. The molecule has 0 aromatic heterocycles. The van der Waals surface area contributed by atoms with Crippen LogP contribution in [0.5, 0.6) is 0 Å². The van der Waals surface area contributed by atoms with Gasteiger partial charge in [-0.25, -0.2) is 0 Å². The molecular weight excluding hydrogens is 110 g/mol. The van der Waals surface area contributed by atoms with Crippen LogP contribution in [0.15, 0.2) is 4.99 Å². The Hall–Kier alpha value is -0.460. The van der Waals surface area contributed by atoms with Gasteiger partial charge in [0.05, 0.1) is 13.3 Å². The zero-order chi connectivity index (χ0) is 6.53. The zero-order valence-electron chi connectivity index (χ0n) is 5.90. The first-order valence-corrected chi connectivity index (χ1v) is 3.75. The average molecular weight is 124 g/mol. The highest BCUT2D eigenvalue weighted by Gasteiger charge is 2.03. The summed E-state index contributed by atoms with van der Waals surface area (Å²) in [6.45, 7) is 4.86. The second-order valence-electron chi connectivity index (χ2n) is 2.51. The highest BCUT2D eigenvalue weighted by Crippen LogP contribution is 2.08. The quantitative estimate of drug-likeness (QED) is 0.500. The predicted molar refractivity (Wildman–Crippen MR) is 40.7 cm³/mol. The summed E-state index contributed by atoms with van der Waals surface area (Å²) in [5.74, 6) is 0. The summed E-state index contributed by atoms with van der Waals surface area (Å²) >= 11 is 0. The molecule has 0 saturated carbocycles. The Kier molecular flexibility index (Phi) is 2.62. The molecule has 0 aromatic rings. The molecule has 1 nitrogen and oxygen atoms in total. The highest BCUT2D eigenvalue weighted by molar-refractivity contribution is 5.84. The summed E-state index contributed by atoms with van der Waals surface area (Å²) in [7, 11) is 0. The van der Waals surface area contributed by atoms with Gasteiger partial charge in [-0.05, 0) is 19.3 Å². The molecule has 1 aliphatic rings. The van der Waals surface area contributed by atoms with E-state index in [1.54, 1.807) is 0 Å². The van der Waals surface area contributed by atoms with Gasteiger partial charge in [-0.3, -0.25) is 4.99 Å². The van der Waals surface area contributed by atoms with Crippen LogP contribution in [0.2, 0.25) is 0 Å². The summed E-state index contributed by atoms with van der Waals surface area (Å²) in [5.41, 5.74) is 1.40. The lowest BCUT2D eigenvalue weighted by atomic mass is 10.1. The van der Waals surface area contributed by atoms with Crippen molar-refractivity contribution in [3.8, 4) is 0 Å². The lowest BCUT2D eigenvalue weighted by molar-refractivity contribution is 0.724. The highest BCUT2D eigenvalue weighted by atomic mass is 14.7. The molecule has 9 heavy (non-hydrogen) atoms. The van der Waals surface area contributed by atoms with Gasteiger partial charge in [-0.2, -0.15) is 0 Å². The molecule has 0 spiro atoms. The van der Waals surface area contributed by atoms with Crippen LogP contribution in [-0.4, -0.2) is 12.3 Å². The van der Waals surface area contributed by atoms with Crippen LogP contribution in [0, 0.1) is 6.92 Å². The van der Waals surface area contributed by atoms with Gasteiger partial charge >= 0.3 is 0 Å². The van der Waals surface area contributed by atoms with Crippen LogP contribution >= 0.6 is 0 Å². The molecule has 0 atom stereocenters. The maximum Gasteiger partial charge on any atom is 0.0902 e. The molecule has 0 N–H and O–H groups in total. The molecule has 0 saturated heterocycles. The van der Waals surface area contributed by atoms with Crippen LogP contribution in [0.25, 0.3) is 0 Å². The van der Waals surface area contributed by atoms with Crippen molar-refractivity contribution in [2.45, 2.75) is 32.1 Å². The number of hydrogen-bond acceptors (Lipinski definition) is 1. The van der Waals surface area contributed by atoms with Crippen molar-refractivity contribution >= 4 is 5.71 Å². The summed E-state index contributed by atoms with van der Waals surface area (Å²) in [4.78, 5) is 4.40. The molecular formula is C8H14N+. The van der Waals surface area contributed by atoms with E-state index in [1.165, 1.54) is 25.0 Å². The maximum absolute atomic E-state index is 4.40. The smallest absolute Gasteiger partial charge is 0.0902 e. The lowest BCUT2D eigenvalue weighted by Gasteiger charge is -2.08. The van der Waals surface area contributed by atoms with Crippen molar-refractivity contribution in [1.82, 2.24) is 0 Å². The second-order valence-corrected chi connectivity index (χ2v) is 2.51. The first-order valence-electron chi connectivity index (χ1n) is 3.75. The van der Waals surface area contributed by atoms with Gasteiger partial charge in [-0.1, -0.05) is 0 Å². The van der Waals surface area contributed by atoms with Crippen molar-refractivity contribution in [3.05, 3.63) is 6.92 Å². The third-order valence-electron chi connectivity index (χ3n) is 1.67.